The van der Waals surface area contributed by atoms with E-state index in [9.17, 15) is 9.59 Å². The van der Waals surface area contributed by atoms with Crippen LogP contribution in [0.5, 0.6) is 0 Å². The molecular weight excluding hydrogens is 344 g/mol. The number of carbonyl (C=O) groups is 2. The minimum atomic E-state index is -0.296. The highest BCUT2D eigenvalue weighted by Crippen LogP contribution is 2.17. The summed E-state index contributed by atoms with van der Waals surface area (Å²) in [6.45, 7) is 2.55. The Kier molecular flexibility index (Phi) is 7.15. The number of halogens is 1. The Morgan fingerprint density at radius 1 is 1.00 bits per heavy atom. The first kappa shape index (κ1) is 18.4. The molecule has 0 heterocycles. The second-order valence-electron chi connectivity index (χ2n) is 5.20. The maximum absolute atomic E-state index is 11.9. The summed E-state index contributed by atoms with van der Waals surface area (Å²) in [5, 5.41) is 5.93. The van der Waals surface area contributed by atoms with E-state index in [1.54, 1.807) is 36.0 Å². The lowest BCUT2D eigenvalue weighted by Gasteiger charge is -2.07. The molecule has 126 valence electrons. The molecular formula is C18H19ClN2O2S. The molecule has 0 aliphatic rings. The average molecular weight is 363 g/mol. The van der Waals surface area contributed by atoms with Crippen molar-refractivity contribution in [3.8, 4) is 0 Å². The number of hydrogen-bond acceptors (Lipinski definition) is 3. The first-order valence-electron chi connectivity index (χ1n) is 7.54. The summed E-state index contributed by atoms with van der Waals surface area (Å²) in [5.41, 5.74) is 1.70. The van der Waals surface area contributed by atoms with Crippen LogP contribution in [0.3, 0.4) is 0 Å². The van der Waals surface area contributed by atoms with Crippen molar-refractivity contribution in [1.82, 2.24) is 10.6 Å². The van der Waals surface area contributed by atoms with Crippen LogP contribution in [0.15, 0.2) is 53.4 Å². The van der Waals surface area contributed by atoms with Gasteiger partial charge in [-0.25, -0.2) is 0 Å². The lowest BCUT2D eigenvalue weighted by atomic mass is 10.2. The van der Waals surface area contributed by atoms with E-state index in [1.807, 2.05) is 6.92 Å². The molecule has 6 heteroatoms. The van der Waals surface area contributed by atoms with E-state index in [0.717, 1.165) is 5.75 Å². The van der Waals surface area contributed by atoms with Crippen molar-refractivity contribution in [2.75, 3.05) is 18.8 Å². The van der Waals surface area contributed by atoms with Crippen LogP contribution in [0.1, 0.15) is 15.9 Å². The molecule has 2 rings (SSSR count). The first-order chi connectivity index (χ1) is 11.5. The predicted octanol–water partition coefficient (Wildman–Crippen LogP) is 3.29. The highest BCUT2D eigenvalue weighted by molar-refractivity contribution is 7.99. The maximum Gasteiger partial charge on any atom is 0.251 e. The van der Waals surface area contributed by atoms with Crippen LogP contribution in [0.25, 0.3) is 0 Å². The summed E-state index contributed by atoms with van der Waals surface area (Å²) < 4.78 is 0. The van der Waals surface area contributed by atoms with Crippen LogP contribution in [0.2, 0.25) is 5.02 Å². The fraction of sp³-hybridized carbons (Fsp3) is 0.222. The third-order valence-corrected chi connectivity index (χ3v) is 4.50. The Labute approximate surface area is 151 Å². The summed E-state index contributed by atoms with van der Waals surface area (Å²) >= 11 is 7.45. The highest BCUT2D eigenvalue weighted by atomic mass is 35.5. The second kappa shape index (κ2) is 9.35. The smallest absolute Gasteiger partial charge is 0.251 e. The summed E-state index contributed by atoms with van der Waals surface area (Å²) in [5.74, 6) is 0.276. The monoisotopic (exact) mass is 362 g/mol. The van der Waals surface area contributed by atoms with Gasteiger partial charge in [0.15, 0.2) is 0 Å². The van der Waals surface area contributed by atoms with Crippen molar-refractivity contribution in [2.45, 2.75) is 11.8 Å². The van der Waals surface area contributed by atoms with Gasteiger partial charge in [-0.2, -0.15) is 0 Å². The number of rotatable bonds is 7. The molecule has 0 saturated heterocycles. The van der Waals surface area contributed by atoms with Crippen molar-refractivity contribution in [2.24, 2.45) is 0 Å². The highest BCUT2D eigenvalue weighted by Gasteiger charge is 2.07. The van der Waals surface area contributed by atoms with Crippen molar-refractivity contribution in [1.29, 1.82) is 0 Å². The van der Waals surface area contributed by atoms with E-state index in [4.69, 9.17) is 11.6 Å². The van der Waals surface area contributed by atoms with Gasteiger partial charge in [-0.15, -0.1) is 11.8 Å². The van der Waals surface area contributed by atoms with Gasteiger partial charge in [-0.3, -0.25) is 9.59 Å². The Bertz CT molecular complexity index is 687. The Hall–Kier alpha value is -1.98. The lowest BCUT2D eigenvalue weighted by molar-refractivity contribution is -0.120. The van der Waals surface area contributed by atoms with E-state index < -0.39 is 0 Å². The molecule has 0 atom stereocenters. The third kappa shape index (κ3) is 6.26. The number of carbonyl (C=O) groups excluding carboxylic acids is 2. The van der Waals surface area contributed by atoms with Gasteiger partial charge >= 0.3 is 0 Å². The van der Waals surface area contributed by atoms with Crippen LogP contribution >= 0.6 is 23.4 Å². The van der Waals surface area contributed by atoms with Gasteiger partial charge in [-0.05, 0) is 43.3 Å². The van der Waals surface area contributed by atoms with Gasteiger partial charge in [-0.1, -0.05) is 29.3 Å². The standard InChI is InChI=1S/C18H19ClN2O2S/c1-13-2-8-16(9-3-13)24-11-10-20-17(22)12-21-18(23)14-4-6-15(19)7-5-14/h2-9H,10-12H2,1H3,(H,20,22)(H,21,23). The number of thioether (sulfide) groups is 1. The molecule has 0 saturated carbocycles. The van der Waals surface area contributed by atoms with Crippen LogP contribution in [0, 0.1) is 6.92 Å². The Morgan fingerprint density at radius 3 is 2.33 bits per heavy atom. The zero-order chi connectivity index (χ0) is 17.4. The molecule has 0 aliphatic carbocycles. The van der Waals surface area contributed by atoms with E-state index >= 15 is 0 Å². The number of benzene rings is 2. The average Bonchev–Trinajstić information content (AvgIpc) is 2.59. The number of nitrogens with one attached hydrogen (secondary N) is 2. The fourth-order valence-corrected chi connectivity index (χ4v) is 2.81. The fourth-order valence-electron chi connectivity index (χ4n) is 1.92. The van der Waals surface area contributed by atoms with Crippen molar-refractivity contribution in [3.05, 3.63) is 64.7 Å². The quantitative estimate of drug-likeness (QED) is 0.587. The molecule has 0 aromatic heterocycles. The molecule has 2 N–H and O–H groups in total. The van der Waals surface area contributed by atoms with Crippen LogP contribution in [-0.4, -0.2) is 30.7 Å². The van der Waals surface area contributed by atoms with E-state index in [-0.39, 0.29) is 18.4 Å². The maximum atomic E-state index is 11.9. The Balaban J connectivity index is 1.63. The van der Waals surface area contributed by atoms with E-state index in [0.29, 0.717) is 17.1 Å². The summed E-state index contributed by atoms with van der Waals surface area (Å²) in [4.78, 5) is 24.8. The minimum Gasteiger partial charge on any atom is -0.354 e. The largest absolute Gasteiger partial charge is 0.354 e. The zero-order valence-corrected chi connectivity index (χ0v) is 14.9. The molecule has 0 aliphatic heterocycles. The topological polar surface area (TPSA) is 58.2 Å². The summed E-state index contributed by atoms with van der Waals surface area (Å²) in [6.07, 6.45) is 0. The minimum absolute atomic E-state index is 0.0450. The first-order valence-corrected chi connectivity index (χ1v) is 8.91. The molecule has 2 aromatic rings. The third-order valence-electron chi connectivity index (χ3n) is 3.23. The van der Waals surface area contributed by atoms with Gasteiger partial charge in [0.25, 0.3) is 5.91 Å². The zero-order valence-electron chi connectivity index (χ0n) is 13.3. The number of amides is 2. The SMILES string of the molecule is Cc1ccc(SCCNC(=O)CNC(=O)c2ccc(Cl)cc2)cc1. The number of hydrogen-bond donors (Lipinski definition) is 2. The molecule has 0 unspecified atom stereocenters. The van der Waals surface area contributed by atoms with Gasteiger partial charge in [0.05, 0.1) is 6.54 Å². The normalized spacial score (nSPS) is 10.2. The molecule has 2 aromatic carbocycles. The van der Waals surface area contributed by atoms with Gasteiger partial charge in [0.1, 0.15) is 0 Å². The van der Waals surface area contributed by atoms with Crippen molar-refractivity contribution >= 4 is 35.2 Å². The molecule has 2 amide bonds. The summed E-state index contributed by atoms with van der Waals surface area (Å²) in [6, 6.07) is 14.8. The van der Waals surface area contributed by atoms with Crippen LogP contribution in [-0.2, 0) is 4.79 Å². The van der Waals surface area contributed by atoms with Crippen LogP contribution < -0.4 is 10.6 Å². The molecule has 0 radical (unpaired) electrons. The van der Waals surface area contributed by atoms with Crippen LogP contribution in [0.4, 0.5) is 0 Å². The lowest BCUT2D eigenvalue weighted by Crippen LogP contribution is -2.37. The van der Waals surface area contributed by atoms with E-state index in [1.165, 1.54) is 10.5 Å². The Morgan fingerprint density at radius 2 is 1.67 bits per heavy atom. The molecule has 4 nitrogen and oxygen atoms in total. The number of aryl methyl sites for hydroxylation is 1. The van der Waals surface area contributed by atoms with Crippen molar-refractivity contribution in [3.63, 3.8) is 0 Å². The molecule has 0 spiro atoms. The molecule has 24 heavy (non-hydrogen) atoms. The van der Waals surface area contributed by atoms with E-state index in [2.05, 4.69) is 34.9 Å². The van der Waals surface area contributed by atoms with Gasteiger partial charge in [0, 0.05) is 27.8 Å². The van der Waals surface area contributed by atoms with Crippen molar-refractivity contribution < 1.29 is 9.59 Å². The second-order valence-corrected chi connectivity index (χ2v) is 6.81. The van der Waals surface area contributed by atoms with Gasteiger partial charge in [0.2, 0.25) is 5.91 Å². The molecule has 0 bridgehead atoms. The molecule has 0 fully saturated rings. The van der Waals surface area contributed by atoms with Gasteiger partial charge < -0.3 is 10.6 Å². The predicted molar refractivity (Wildman–Crippen MR) is 98.7 cm³/mol. The summed E-state index contributed by atoms with van der Waals surface area (Å²) in [7, 11) is 0.